The smallest absolute Gasteiger partial charge is 0.132 e. The Morgan fingerprint density at radius 1 is 1.41 bits per heavy atom. The molecule has 0 amide bonds. The van der Waals surface area contributed by atoms with Gasteiger partial charge < -0.3 is 15.2 Å². The predicted octanol–water partition coefficient (Wildman–Crippen LogP) is 2.42. The van der Waals surface area contributed by atoms with Gasteiger partial charge in [-0.15, -0.1) is 0 Å². The first-order valence-corrected chi connectivity index (χ1v) is 6.93. The Morgan fingerprint density at radius 3 is 2.76 bits per heavy atom. The van der Waals surface area contributed by atoms with Crippen LogP contribution in [-0.2, 0) is 0 Å². The van der Waals surface area contributed by atoms with Crippen molar-refractivity contribution in [1.29, 1.82) is 0 Å². The maximum atomic E-state index is 10.1. The highest BCUT2D eigenvalue weighted by atomic mass is 127. The number of rotatable bonds is 7. The number of nitrogens with one attached hydrogen (secondary N) is 1. The zero-order valence-electron chi connectivity index (χ0n) is 10.4. The van der Waals surface area contributed by atoms with E-state index in [-0.39, 0.29) is 0 Å². The van der Waals surface area contributed by atoms with E-state index in [9.17, 15) is 5.11 Å². The molecule has 0 fully saturated rings. The zero-order chi connectivity index (χ0) is 12.7. The molecule has 96 valence electrons. The fraction of sp³-hybridized carbons (Fsp3) is 0.538. The van der Waals surface area contributed by atoms with Gasteiger partial charge >= 0.3 is 0 Å². The lowest BCUT2D eigenvalue weighted by Crippen LogP contribution is -2.43. The van der Waals surface area contributed by atoms with Crippen LogP contribution in [0.15, 0.2) is 24.3 Å². The van der Waals surface area contributed by atoms with Crippen LogP contribution in [0.4, 0.5) is 0 Å². The van der Waals surface area contributed by atoms with E-state index in [1.165, 1.54) is 0 Å². The van der Waals surface area contributed by atoms with Crippen molar-refractivity contribution < 1.29 is 9.84 Å². The van der Waals surface area contributed by atoms with Crippen LogP contribution in [0, 0.1) is 3.57 Å². The summed E-state index contributed by atoms with van der Waals surface area (Å²) in [6.07, 6.45) is 1.06. The van der Waals surface area contributed by atoms with Gasteiger partial charge in [0.25, 0.3) is 0 Å². The van der Waals surface area contributed by atoms with Crippen molar-refractivity contribution in [1.82, 2.24) is 5.32 Å². The highest BCUT2D eigenvalue weighted by molar-refractivity contribution is 14.1. The predicted molar refractivity (Wildman–Crippen MR) is 78.4 cm³/mol. The SMILES string of the molecule is CCCNCC(C)(O)COc1ccccc1I. The Labute approximate surface area is 117 Å². The Morgan fingerprint density at radius 2 is 2.12 bits per heavy atom. The van der Waals surface area contributed by atoms with Gasteiger partial charge in [-0.3, -0.25) is 0 Å². The third-order valence-electron chi connectivity index (χ3n) is 2.31. The monoisotopic (exact) mass is 349 g/mol. The van der Waals surface area contributed by atoms with E-state index in [0.29, 0.717) is 13.2 Å². The van der Waals surface area contributed by atoms with E-state index < -0.39 is 5.60 Å². The summed E-state index contributed by atoms with van der Waals surface area (Å²) in [6, 6.07) is 7.80. The molecule has 17 heavy (non-hydrogen) atoms. The van der Waals surface area contributed by atoms with Gasteiger partial charge in [0.2, 0.25) is 0 Å². The first-order chi connectivity index (χ1) is 8.05. The van der Waals surface area contributed by atoms with E-state index in [1.54, 1.807) is 6.92 Å². The molecule has 0 saturated carbocycles. The van der Waals surface area contributed by atoms with Crippen molar-refractivity contribution in [3.05, 3.63) is 27.8 Å². The number of hydrogen-bond acceptors (Lipinski definition) is 3. The maximum absolute atomic E-state index is 10.1. The second-order valence-electron chi connectivity index (χ2n) is 4.39. The van der Waals surface area contributed by atoms with Crippen LogP contribution in [0.5, 0.6) is 5.75 Å². The molecule has 1 aromatic carbocycles. The Hall–Kier alpha value is -0.330. The molecule has 0 aliphatic rings. The van der Waals surface area contributed by atoms with Gasteiger partial charge in [0.15, 0.2) is 0 Å². The van der Waals surface area contributed by atoms with E-state index in [4.69, 9.17) is 4.74 Å². The Balaban J connectivity index is 2.41. The lowest BCUT2D eigenvalue weighted by molar-refractivity contribution is 0.0122. The minimum atomic E-state index is -0.839. The highest BCUT2D eigenvalue weighted by Crippen LogP contribution is 2.20. The molecule has 1 atom stereocenters. The molecular formula is C13H20INO2. The summed E-state index contributed by atoms with van der Waals surface area (Å²) < 4.78 is 6.69. The molecule has 1 aromatic rings. The number of hydrogen-bond donors (Lipinski definition) is 2. The largest absolute Gasteiger partial charge is 0.489 e. The topological polar surface area (TPSA) is 41.5 Å². The average Bonchev–Trinajstić information content (AvgIpc) is 2.28. The molecule has 3 nitrogen and oxygen atoms in total. The molecule has 0 aromatic heterocycles. The summed E-state index contributed by atoms with van der Waals surface area (Å²) in [7, 11) is 0. The van der Waals surface area contributed by atoms with Gasteiger partial charge in [-0.05, 0) is 54.6 Å². The summed E-state index contributed by atoms with van der Waals surface area (Å²) in [5.74, 6) is 0.823. The molecule has 0 bridgehead atoms. The standard InChI is InChI=1S/C13H20INO2/c1-3-8-15-9-13(2,16)10-17-12-7-5-4-6-11(12)14/h4-7,15-16H,3,8-10H2,1-2H3. The first kappa shape index (κ1) is 14.7. The summed E-state index contributed by atoms with van der Waals surface area (Å²) in [5, 5.41) is 13.3. The molecule has 0 aliphatic heterocycles. The summed E-state index contributed by atoms with van der Waals surface area (Å²) in [5.41, 5.74) is -0.839. The van der Waals surface area contributed by atoms with Crippen LogP contribution in [-0.4, -0.2) is 30.4 Å². The molecule has 0 aliphatic carbocycles. The molecule has 0 spiro atoms. The van der Waals surface area contributed by atoms with Crippen molar-refractivity contribution in [3.8, 4) is 5.75 Å². The van der Waals surface area contributed by atoms with Crippen LogP contribution in [0.2, 0.25) is 0 Å². The van der Waals surface area contributed by atoms with Crippen molar-refractivity contribution in [2.24, 2.45) is 0 Å². The van der Waals surface area contributed by atoms with E-state index in [1.807, 2.05) is 24.3 Å². The van der Waals surface area contributed by atoms with Gasteiger partial charge in [-0.1, -0.05) is 19.1 Å². The molecule has 1 unspecified atom stereocenters. The van der Waals surface area contributed by atoms with Crippen molar-refractivity contribution in [3.63, 3.8) is 0 Å². The first-order valence-electron chi connectivity index (χ1n) is 5.85. The fourth-order valence-electron chi connectivity index (χ4n) is 1.38. The van der Waals surface area contributed by atoms with Gasteiger partial charge in [0, 0.05) is 6.54 Å². The molecule has 0 saturated heterocycles. The van der Waals surface area contributed by atoms with Gasteiger partial charge in [0.05, 0.1) is 3.57 Å². The summed E-state index contributed by atoms with van der Waals surface area (Å²) >= 11 is 2.22. The molecular weight excluding hydrogens is 329 g/mol. The third kappa shape index (κ3) is 5.70. The van der Waals surface area contributed by atoms with Gasteiger partial charge in [-0.25, -0.2) is 0 Å². The van der Waals surface area contributed by atoms with E-state index in [0.717, 1.165) is 22.3 Å². The van der Waals surface area contributed by atoms with Crippen molar-refractivity contribution >= 4 is 22.6 Å². The third-order valence-corrected chi connectivity index (χ3v) is 3.20. The van der Waals surface area contributed by atoms with Crippen LogP contribution < -0.4 is 10.1 Å². The van der Waals surface area contributed by atoms with Crippen LogP contribution >= 0.6 is 22.6 Å². The number of aliphatic hydroxyl groups is 1. The number of para-hydroxylation sites is 1. The average molecular weight is 349 g/mol. The van der Waals surface area contributed by atoms with Crippen LogP contribution in [0.25, 0.3) is 0 Å². The lowest BCUT2D eigenvalue weighted by atomic mass is 10.1. The number of halogens is 1. The maximum Gasteiger partial charge on any atom is 0.132 e. The molecule has 0 radical (unpaired) electrons. The van der Waals surface area contributed by atoms with Crippen LogP contribution in [0.3, 0.4) is 0 Å². The van der Waals surface area contributed by atoms with Crippen molar-refractivity contribution in [2.75, 3.05) is 19.7 Å². The van der Waals surface area contributed by atoms with Gasteiger partial charge in [0.1, 0.15) is 18.0 Å². The Bertz CT molecular complexity index is 342. The second-order valence-corrected chi connectivity index (χ2v) is 5.56. The van der Waals surface area contributed by atoms with Crippen LogP contribution in [0.1, 0.15) is 20.3 Å². The second kappa shape index (κ2) is 7.18. The number of benzene rings is 1. The van der Waals surface area contributed by atoms with E-state index in [2.05, 4.69) is 34.8 Å². The minimum absolute atomic E-state index is 0.295. The highest BCUT2D eigenvalue weighted by Gasteiger charge is 2.21. The molecule has 4 heteroatoms. The Kier molecular flexibility index (Phi) is 6.22. The quantitative estimate of drug-likeness (QED) is 0.587. The van der Waals surface area contributed by atoms with E-state index >= 15 is 0 Å². The number of ether oxygens (including phenoxy) is 1. The zero-order valence-corrected chi connectivity index (χ0v) is 12.5. The lowest BCUT2D eigenvalue weighted by Gasteiger charge is -2.24. The summed E-state index contributed by atoms with van der Waals surface area (Å²) in [6.45, 7) is 5.64. The fourth-order valence-corrected chi connectivity index (χ4v) is 1.92. The van der Waals surface area contributed by atoms with Crippen molar-refractivity contribution in [2.45, 2.75) is 25.9 Å². The van der Waals surface area contributed by atoms with Gasteiger partial charge in [-0.2, -0.15) is 0 Å². The minimum Gasteiger partial charge on any atom is -0.489 e. The normalized spacial score (nSPS) is 14.4. The summed E-state index contributed by atoms with van der Waals surface area (Å²) in [4.78, 5) is 0. The molecule has 0 heterocycles. The molecule has 1 rings (SSSR count). The molecule has 2 N–H and O–H groups in total.